The summed E-state index contributed by atoms with van der Waals surface area (Å²) in [6.45, 7) is 6.50. The van der Waals surface area contributed by atoms with Crippen molar-refractivity contribution in [1.82, 2.24) is 4.90 Å². The van der Waals surface area contributed by atoms with Crippen molar-refractivity contribution in [2.45, 2.75) is 26.1 Å². The molecule has 2 aliphatic heterocycles. The lowest BCUT2D eigenvalue weighted by atomic mass is 10.2. The van der Waals surface area contributed by atoms with Crippen molar-refractivity contribution >= 4 is 40.9 Å². The van der Waals surface area contributed by atoms with E-state index in [-0.39, 0.29) is 0 Å². The summed E-state index contributed by atoms with van der Waals surface area (Å²) in [7, 11) is 6.51. The molecule has 2 atom stereocenters. The number of rotatable bonds is 4. The minimum atomic E-state index is 0.403. The summed E-state index contributed by atoms with van der Waals surface area (Å²) in [6.07, 6.45) is 9.07. The number of nitrogens with one attached hydrogen (secondary N) is 1. The zero-order valence-corrected chi connectivity index (χ0v) is 18.7. The lowest BCUT2D eigenvalue weighted by molar-refractivity contribution is -0.841. The summed E-state index contributed by atoms with van der Waals surface area (Å²) >= 11 is 5.50. The van der Waals surface area contributed by atoms with Gasteiger partial charge in [-0.25, -0.2) is 0 Å². The average Bonchev–Trinajstić information content (AvgIpc) is 3.24. The van der Waals surface area contributed by atoms with Gasteiger partial charge in [-0.1, -0.05) is 34.9 Å². The SMILES string of the molecule is CC1=CS\C(=C/C=C(/C=C/c2scc(C)[n+]2C)C2SC=C(C)[NH+]2C)N1C. The minimum Gasteiger partial charge on any atom is -0.343 e. The van der Waals surface area contributed by atoms with Crippen LogP contribution in [0.3, 0.4) is 0 Å². The van der Waals surface area contributed by atoms with Crippen LogP contribution in [0.15, 0.2) is 56.4 Å². The van der Waals surface area contributed by atoms with Gasteiger partial charge in [-0.05, 0) is 30.6 Å². The Kier molecular flexibility index (Phi) is 6.17. The molecular formula is C20H27N3S3+2. The molecular weight excluding hydrogens is 378 g/mol. The van der Waals surface area contributed by atoms with Crippen LogP contribution in [0.25, 0.3) is 6.08 Å². The summed E-state index contributed by atoms with van der Waals surface area (Å²) in [5.41, 5.74) is 5.33. The van der Waals surface area contributed by atoms with E-state index >= 15 is 0 Å². The van der Waals surface area contributed by atoms with Crippen LogP contribution in [0.5, 0.6) is 0 Å². The number of likely N-dealkylation sites (N-methyl/N-ethyl adjacent to an activating group) is 1. The molecule has 138 valence electrons. The molecule has 2 aliphatic rings. The first kappa shape index (κ1) is 19.5. The number of thioether (sulfide) groups is 2. The molecule has 0 fully saturated rings. The van der Waals surface area contributed by atoms with Crippen LogP contribution < -0.4 is 9.47 Å². The van der Waals surface area contributed by atoms with E-state index in [1.54, 1.807) is 23.1 Å². The molecule has 1 aromatic rings. The lowest BCUT2D eigenvalue weighted by Gasteiger charge is -2.18. The van der Waals surface area contributed by atoms with E-state index in [1.807, 2.05) is 11.8 Å². The van der Waals surface area contributed by atoms with Crippen LogP contribution in [-0.4, -0.2) is 24.4 Å². The number of nitrogens with zero attached hydrogens (tertiary/aromatic N) is 2. The Morgan fingerprint density at radius 1 is 1.27 bits per heavy atom. The number of hydrogen-bond donors (Lipinski definition) is 1. The maximum absolute atomic E-state index is 2.29. The molecule has 1 aromatic heterocycles. The monoisotopic (exact) mass is 405 g/mol. The molecule has 0 aliphatic carbocycles. The highest BCUT2D eigenvalue weighted by Crippen LogP contribution is 2.33. The van der Waals surface area contributed by atoms with Gasteiger partial charge in [0.15, 0.2) is 11.1 Å². The second-order valence-corrected chi connectivity index (χ2v) is 9.47. The van der Waals surface area contributed by atoms with Crippen molar-refractivity contribution in [3.05, 3.63) is 67.1 Å². The van der Waals surface area contributed by atoms with Gasteiger partial charge < -0.3 is 4.90 Å². The maximum atomic E-state index is 2.29. The highest BCUT2D eigenvalue weighted by molar-refractivity contribution is 8.06. The number of thiazole rings is 1. The van der Waals surface area contributed by atoms with Crippen molar-refractivity contribution in [1.29, 1.82) is 0 Å². The molecule has 3 rings (SSSR count). The van der Waals surface area contributed by atoms with Gasteiger partial charge in [0.25, 0.3) is 5.01 Å². The second kappa shape index (κ2) is 8.21. The molecule has 3 nitrogen and oxygen atoms in total. The first-order chi connectivity index (χ1) is 12.4. The van der Waals surface area contributed by atoms with E-state index < -0.39 is 0 Å². The van der Waals surface area contributed by atoms with E-state index in [1.165, 1.54) is 37.6 Å². The topological polar surface area (TPSA) is 11.6 Å². The van der Waals surface area contributed by atoms with E-state index in [9.17, 15) is 0 Å². The number of aromatic nitrogens is 1. The zero-order chi connectivity index (χ0) is 18.8. The van der Waals surface area contributed by atoms with Crippen LogP contribution in [0, 0.1) is 6.92 Å². The number of aryl methyl sites for hydroxylation is 1. The molecule has 0 radical (unpaired) electrons. The Balaban J connectivity index is 1.89. The van der Waals surface area contributed by atoms with Gasteiger partial charge in [-0.3, -0.25) is 4.90 Å². The van der Waals surface area contributed by atoms with Crippen molar-refractivity contribution < 1.29 is 9.47 Å². The molecule has 6 heteroatoms. The van der Waals surface area contributed by atoms with Crippen molar-refractivity contribution in [3.63, 3.8) is 0 Å². The molecule has 2 unspecified atom stereocenters. The Hall–Kier alpha value is -1.21. The van der Waals surface area contributed by atoms with Gasteiger partial charge in [-0.2, -0.15) is 4.57 Å². The second-order valence-electron chi connectivity index (χ2n) is 6.72. The van der Waals surface area contributed by atoms with Crippen molar-refractivity contribution in [2.75, 3.05) is 14.1 Å². The Morgan fingerprint density at radius 3 is 2.58 bits per heavy atom. The molecule has 26 heavy (non-hydrogen) atoms. The standard InChI is InChI=1S/C20H26N3S3/c1-14-11-24-18(21(14)4)9-7-17(20-23(6)16(3)13-26-20)8-10-19-22(5)15(2)12-25-19/h7-13,20H,1-6H3/q+1/p+1. The van der Waals surface area contributed by atoms with E-state index in [0.29, 0.717) is 5.37 Å². The summed E-state index contributed by atoms with van der Waals surface area (Å²) in [6, 6.07) is 0. The van der Waals surface area contributed by atoms with Crippen LogP contribution in [0.1, 0.15) is 24.5 Å². The number of hydrogen-bond acceptors (Lipinski definition) is 4. The van der Waals surface area contributed by atoms with Crippen LogP contribution >= 0.6 is 34.9 Å². The molecule has 1 N–H and O–H groups in total. The predicted octanol–water partition coefficient (Wildman–Crippen LogP) is 3.65. The van der Waals surface area contributed by atoms with Crippen LogP contribution in [0.4, 0.5) is 0 Å². The van der Waals surface area contributed by atoms with Gasteiger partial charge >= 0.3 is 0 Å². The molecule has 0 aromatic carbocycles. The molecule has 3 heterocycles. The fourth-order valence-electron chi connectivity index (χ4n) is 2.72. The number of quaternary nitrogens is 1. The first-order valence-electron chi connectivity index (χ1n) is 8.65. The Bertz CT molecular complexity index is 842. The van der Waals surface area contributed by atoms with Crippen LogP contribution in [0.2, 0.25) is 0 Å². The van der Waals surface area contributed by atoms with Gasteiger partial charge in [0.05, 0.1) is 17.5 Å². The van der Waals surface area contributed by atoms with E-state index in [2.05, 4.69) is 91.9 Å². The third kappa shape index (κ3) is 4.03. The molecule has 0 bridgehead atoms. The largest absolute Gasteiger partial charge is 0.343 e. The fourth-order valence-corrected chi connectivity index (χ4v) is 5.75. The quantitative estimate of drug-likeness (QED) is 0.606. The van der Waals surface area contributed by atoms with E-state index in [4.69, 9.17) is 0 Å². The van der Waals surface area contributed by atoms with Gasteiger partial charge in [0, 0.05) is 43.6 Å². The van der Waals surface area contributed by atoms with Crippen molar-refractivity contribution in [2.24, 2.45) is 7.05 Å². The molecule has 0 saturated carbocycles. The normalized spacial score (nSPS) is 25.5. The first-order valence-corrected chi connectivity index (χ1v) is 11.4. The minimum absolute atomic E-state index is 0.403. The summed E-state index contributed by atoms with van der Waals surface area (Å²) < 4.78 is 2.24. The fraction of sp³-hybridized carbons (Fsp3) is 0.350. The summed E-state index contributed by atoms with van der Waals surface area (Å²) in [5.74, 6) is 0. The van der Waals surface area contributed by atoms with E-state index in [0.717, 1.165) is 0 Å². The lowest BCUT2D eigenvalue weighted by Crippen LogP contribution is -3.09. The highest BCUT2D eigenvalue weighted by Gasteiger charge is 2.29. The Morgan fingerprint density at radius 2 is 2.04 bits per heavy atom. The van der Waals surface area contributed by atoms with Gasteiger partial charge in [0.1, 0.15) is 12.7 Å². The zero-order valence-electron chi connectivity index (χ0n) is 16.2. The van der Waals surface area contributed by atoms with Gasteiger partial charge in [0.2, 0.25) is 0 Å². The Labute approximate surface area is 169 Å². The molecule has 0 amide bonds. The van der Waals surface area contributed by atoms with Gasteiger partial charge in [-0.15, -0.1) is 0 Å². The highest BCUT2D eigenvalue weighted by atomic mass is 32.2. The summed E-state index contributed by atoms with van der Waals surface area (Å²) in [4.78, 5) is 3.70. The maximum Gasteiger partial charge on any atom is 0.261 e. The molecule has 0 spiro atoms. The third-order valence-electron chi connectivity index (χ3n) is 4.96. The average molecular weight is 406 g/mol. The smallest absolute Gasteiger partial charge is 0.261 e. The number of allylic oxidation sites excluding steroid dienone is 4. The molecule has 0 saturated heterocycles. The summed E-state index contributed by atoms with van der Waals surface area (Å²) in [5, 5.41) is 9.65. The third-order valence-corrected chi connectivity index (χ3v) is 8.56. The van der Waals surface area contributed by atoms with Crippen molar-refractivity contribution in [3.8, 4) is 0 Å². The predicted molar refractivity (Wildman–Crippen MR) is 117 cm³/mol. The van der Waals surface area contributed by atoms with Crippen LogP contribution in [-0.2, 0) is 7.05 Å².